The second-order valence-corrected chi connectivity index (χ2v) is 7.58. The number of rotatable bonds is 6. The summed E-state index contributed by atoms with van der Waals surface area (Å²) in [6.07, 6.45) is 3.30. The lowest BCUT2D eigenvalue weighted by atomic mass is 10.2. The van der Waals surface area contributed by atoms with E-state index in [2.05, 4.69) is 5.32 Å². The van der Waals surface area contributed by atoms with Gasteiger partial charge < -0.3 is 9.88 Å². The fourth-order valence-electron chi connectivity index (χ4n) is 3.24. The quantitative estimate of drug-likeness (QED) is 0.393. The van der Waals surface area contributed by atoms with Crippen LogP contribution in [0.4, 0.5) is 0 Å². The molecule has 0 aliphatic rings. The van der Waals surface area contributed by atoms with Crippen LogP contribution in [-0.2, 0) is 17.9 Å². The summed E-state index contributed by atoms with van der Waals surface area (Å²) in [6, 6.07) is 23.0. The number of hydrogen-bond donors (Lipinski definition) is 1. The Morgan fingerprint density at radius 3 is 2.40 bits per heavy atom. The summed E-state index contributed by atoms with van der Waals surface area (Å²) in [5, 5.41) is 4.11. The molecule has 0 saturated carbocycles. The van der Waals surface area contributed by atoms with Gasteiger partial charge in [0.25, 0.3) is 0 Å². The monoisotopic (exact) mass is 435 g/mol. The highest BCUT2D eigenvalue weighted by Crippen LogP contribution is 2.27. The van der Waals surface area contributed by atoms with E-state index >= 15 is 0 Å². The number of aromatic nitrogens is 2. The molecule has 4 nitrogen and oxygen atoms in total. The van der Waals surface area contributed by atoms with Crippen molar-refractivity contribution >= 4 is 46.2 Å². The fourth-order valence-corrected chi connectivity index (χ4v) is 3.76. The zero-order valence-electron chi connectivity index (χ0n) is 16.1. The van der Waals surface area contributed by atoms with Crippen molar-refractivity contribution in [2.24, 2.45) is 0 Å². The maximum absolute atomic E-state index is 12.3. The highest BCUT2D eigenvalue weighted by atomic mass is 35.5. The van der Waals surface area contributed by atoms with Crippen LogP contribution in [0.3, 0.4) is 0 Å². The van der Waals surface area contributed by atoms with Gasteiger partial charge in [-0.25, -0.2) is 4.98 Å². The van der Waals surface area contributed by atoms with Crippen LogP contribution in [0.25, 0.3) is 17.1 Å². The average molecular weight is 436 g/mol. The molecule has 1 aromatic heterocycles. The van der Waals surface area contributed by atoms with Crippen LogP contribution in [0.1, 0.15) is 17.0 Å². The van der Waals surface area contributed by atoms with Crippen LogP contribution in [0.15, 0.2) is 78.9 Å². The molecular formula is C24H19Cl2N3O. The lowest BCUT2D eigenvalue weighted by Gasteiger charge is -2.12. The van der Waals surface area contributed by atoms with Gasteiger partial charge >= 0.3 is 0 Å². The van der Waals surface area contributed by atoms with E-state index in [4.69, 9.17) is 28.2 Å². The molecule has 0 radical (unpaired) electrons. The molecule has 0 saturated heterocycles. The minimum Gasteiger partial charge on any atom is -0.345 e. The molecule has 4 aromatic rings. The Hall–Kier alpha value is -3.08. The number of carbonyl (C=O) groups is 1. The number of benzene rings is 3. The summed E-state index contributed by atoms with van der Waals surface area (Å²) in [7, 11) is 0. The lowest BCUT2D eigenvalue weighted by molar-refractivity contribution is -0.116. The normalized spacial score (nSPS) is 11.3. The third kappa shape index (κ3) is 4.56. The SMILES string of the molecule is O=C(/C=C\c1ccccc1)NCc1nc2ccccc2n1Cc1c(Cl)cccc1Cl. The third-order valence-corrected chi connectivity index (χ3v) is 5.47. The molecule has 1 N–H and O–H groups in total. The first-order chi connectivity index (χ1) is 14.6. The molecule has 150 valence electrons. The van der Waals surface area contributed by atoms with E-state index < -0.39 is 0 Å². The van der Waals surface area contributed by atoms with Crippen LogP contribution < -0.4 is 5.32 Å². The van der Waals surface area contributed by atoms with E-state index in [1.165, 1.54) is 6.08 Å². The second-order valence-electron chi connectivity index (χ2n) is 6.76. The Labute approximate surface area is 184 Å². The minimum atomic E-state index is -0.187. The van der Waals surface area contributed by atoms with Gasteiger partial charge in [-0.15, -0.1) is 0 Å². The molecule has 4 rings (SSSR count). The highest BCUT2D eigenvalue weighted by Gasteiger charge is 2.14. The van der Waals surface area contributed by atoms with Crippen LogP contribution in [0, 0.1) is 0 Å². The number of nitrogens with zero attached hydrogens (tertiary/aromatic N) is 2. The van der Waals surface area contributed by atoms with Crippen molar-refractivity contribution in [1.82, 2.24) is 14.9 Å². The Morgan fingerprint density at radius 1 is 0.933 bits per heavy atom. The summed E-state index contributed by atoms with van der Waals surface area (Å²) in [4.78, 5) is 17.0. The van der Waals surface area contributed by atoms with Gasteiger partial charge in [0.1, 0.15) is 5.82 Å². The van der Waals surface area contributed by atoms with Crippen molar-refractivity contribution in [3.63, 3.8) is 0 Å². The van der Waals surface area contributed by atoms with Gasteiger partial charge in [-0.05, 0) is 35.9 Å². The number of para-hydroxylation sites is 2. The first-order valence-electron chi connectivity index (χ1n) is 9.50. The molecule has 3 aromatic carbocycles. The van der Waals surface area contributed by atoms with E-state index in [-0.39, 0.29) is 12.5 Å². The van der Waals surface area contributed by atoms with Gasteiger partial charge in [-0.2, -0.15) is 0 Å². The van der Waals surface area contributed by atoms with Crippen LogP contribution >= 0.6 is 23.2 Å². The summed E-state index contributed by atoms with van der Waals surface area (Å²) in [6.45, 7) is 0.749. The van der Waals surface area contributed by atoms with Crippen molar-refractivity contribution in [3.8, 4) is 0 Å². The summed E-state index contributed by atoms with van der Waals surface area (Å²) < 4.78 is 2.03. The zero-order valence-corrected chi connectivity index (χ0v) is 17.6. The Balaban J connectivity index is 1.57. The Kier molecular flexibility index (Phi) is 6.17. The number of amides is 1. The number of halogens is 2. The van der Waals surface area contributed by atoms with Gasteiger partial charge in [0.05, 0.1) is 24.1 Å². The van der Waals surface area contributed by atoms with Crippen molar-refractivity contribution in [2.45, 2.75) is 13.1 Å². The number of fused-ring (bicyclic) bond motifs is 1. The number of carbonyl (C=O) groups excluding carboxylic acids is 1. The average Bonchev–Trinajstić information content (AvgIpc) is 3.11. The fraction of sp³-hybridized carbons (Fsp3) is 0.0833. The molecule has 0 atom stereocenters. The largest absolute Gasteiger partial charge is 0.345 e. The first-order valence-corrected chi connectivity index (χ1v) is 10.3. The van der Waals surface area contributed by atoms with Crippen LogP contribution in [0.5, 0.6) is 0 Å². The number of nitrogens with one attached hydrogen (secondary N) is 1. The van der Waals surface area contributed by atoms with E-state index in [1.54, 1.807) is 6.08 Å². The van der Waals surface area contributed by atoms with Crippen molar-refractivity contribution in [2.75, 3.05) is 0 Å². The third-order valence-electron chi connectivity index (χ3n) is 4.76. The molecule has 0 spiro atoms. The molecular weight excluding hydrogens is 417 g/mol. The lowest BCUT2D eigenvalue weighted by Crippen LogP contribution is -2.23. The highest BCUT2D eigenvalue weighted by molar-refractivity contribution is 6.36. The Bertz CT molecular complexity index is 1200. The van der Waals surface area contributed by atoms with Crippen LogP contribution in [0.2, 0.25) is 10.0 Å². The van der Waals surface area contributed by atoms with Gasteiger partial charge in [-0.3, -0.25) is 4.79 Å². The van der Waals surface area contributed by atoms with E-state index in [0.717, 1.165) is 28.0 Å². The van der Waals surface area contributed by atoms with Crippen molar-refractivity contribution in [1.29, 1.82) is 0 Å². The van der Waals surface area contributed by atoms with Gasteiger partial charge in [0, 0.05) is 21.7 Å². The predicted octanol–water partition coefficient (Wildman–Crippen LogP) is 5.72. The van der Waals surface area contributed by atoms with E-state index in [1.807, 2.05) is 77.4 Å². The topological polar surface area (TPSA) is 46.9 Å². The first kappa shape index (κ1) is 20.2. The minimum absolute atomic E-state index is 0.187. The molecule has 0 fully saturated rings. The number of imidazole rings is 1. The molecule has 0 bridgehead atoms. The maximum Gasteiger partial charge on any atom is 0.244 e. The molecule has 6 heteroatoms. The summed E-state index contributed by atoms with van der Waals surface area (Å²) >= 11 is 12.8. The Morgan fingerprint density at radius 2 is 1.63 bits per heavy atom. The van der Waals surface area contributed by atoms with Crippen molar-refractivity contribution < 1.29 is 4.79 Å². The van der Waals surface area contributed by atoms with Crippen LogP contribution in [-0.4, -0.2) is 15.5 Å². The maximum atomic E-state index is 12.3. The van der Waals surface area contributed by atoms with E-state index in [0.29, 0.717) is 16.6 Å². The zero-order chi connectivity index (χ0) is 20.9. The van der Waals surface area contributed by atoms with Gasteiger partial charge in [0.2, 0.25) is 5.91 Å². The standard InChI is InChI=1S/C24H19Cl2N3O/c25-19-9-6-10-20(26)18(19)16-29-22-12-5-4-11-21(22)28-23(29)15-27-24(30)14-13-17-7-2-1-3-8-17/h1-14H,15-16H2,(H,27,30)/b14-13-. The predicted molar refractivity (Wildman–Crippen MR) is 123 cm³/mol. The van der Waals surface area contributed by atoms with Gasteiger partial charge in [0.15, 0.2) is 0 Å². The molecule has 0 aliphatic carbocycles. The smallest absolute Gasteiger partial charge is 0.244 e. The second kappa shape index (κ2) is 9.16. The summed E-state index contributed by atoms with van der Waals surface area (Å²) in [5.74, 6) is 0.543. The van der Waals surface area contributed by atoms with Crippen molar-refractivity contribution in [3.05, 3.63) is 106 Å². The molecule has 30 heavy (non-hydrogen) atoms. The molecule has 1 amide bonds. The molecule has 0 unspecified atom stereocenters. The molecule has 0 aliphatic heterocycles. The summed E-state index contributed by atoms with van der Waals surface area (Å²) in [5.41, 5.74) is 3.59. The van der Waals surface area contributed by atoms with Gasteiger partial charge in [-0.1, -0.05) is 71.7 Å². The number of hydrogen-bond acceptors (Lipinski definition) is 2. The van der Waals surface area contributed by atoms with E-state index in [9.17, 15) is 4.79 Å². The molecule has 1 heterocycles.